The van der Waals surface area contributed by atoms with E-state index in [0.29, 0.717) is 17.9 Å². The second-order valence-corrected chi connectivity index (χ2v) is 8.70. The van der Waals surface area contributed by atoms with Crippen LogP contribution in [0.15, 0.2) is 48.5 Å². The normalized spacial score (nSPS) is 16.5. The first-order valence-corrected chi connectivity index (χ1v) is 10.9. The predicted octanol–water partition coefficient (Wildman–Crippen LogP) is 4.13. The van der Waals surface area contributed by atoms with E-state index >= 15 is 0 Å². The van der Waals surface area contributed by atoms with Gasteiger partial charge in [-0.25, -0.2) is 4.98 Å². The molecule has 0 radical (unpaired) electrons. The zero-order valence-corrected chi connectivity index (χ0v) is 18.0. The number of nitrogens with zero attached hydrogens (tertiary/aromatic N) is 3. The molecule has 7 heteroatoms. The predicted molar refractivity (Wildman–Crippen MR) is 118 cm³/mol. The molecule has 1 aromatic heterocycles. The highest BCUT2D eigenvalue weighted by atomic mass is 32.1. The van der Waals surface area contributed by atoms with Gasteiger partial charge < -0.3 is 14.5 Å². The van der Waals surface area contributed by atoms with Gasteiger partial charge in [0.1, 0.15) is 10.8 Å². The maximum Gasteiger partial charge on any atom is 0.259 e. The molecule has 0 aliphatic carbocycles. The van der Waals surface area contributed by atoms with Gasteiger partial charge in [0.2, 0.25) is 0 Å². The summed E-state index contributed by atoms with van der Waals surface area (Å²) in [6.45, 7) is 0.659. The van der Waals surface area contributed by atoms with Gasteiger partial charge in [-0.3, -0.25) is 9.59 Å². The minimum Gasteiger partial charge on any atom is -0.484 e. The van der Waals surface area contributed by atoms with Crippen molar-refractivity contribution in [2.75, 3.05) is 27.2 Å². The maximum atomic E-state index is 13.4. The standard InChI is InChI=1S/C23H25N3O3S/c1-25(2)21(27)15-29-17-9-7-8-16(14-17)23(28)26-13-6-5-11-19(26)22-24-18-10-3-4-12-20(18)30-22/h3-4,7-10,12,14,19H,5-6,11,13,15H2,1-2H3. The molecule has 0 N–H and O–H groups in total. The Kier molecular flexibility index (Phi) is 5.99. The van der Waals surface area contributed by atoms with Gasteiger partial charge in [0.05, 0.1) is 16.3 Å². The number of carbonyl (C=O) groups excluding carboxylic acids is 2. The molecule has 4 rings (SSSR count). The number of ether oxygens (including phenoxy) is 1. The molecular weight excluding hydrogens is 398 g/mol. The summed E-state index contributed by atoms with van der Waals surface area (Å²) in [6.07, 6.45) is 2.99. The van der Waals surface area contributed by atoms with Crippen LogP contribution in [0.3, 0.4) is 0 Å². The number of fused-ring (bicyclic) bond motifs is 1. The smallest absolute Gasteiger partial charge is 0.259 e. The van der Waals surface area contributed by atoms with Gasteiger partial charge in [0, 0.05) is 26.2 Å². The first-order valence-electron chi connectivity index (χ1n) is 10.1. The van der Waals surface area contributed by atoms with Crippen LogP contribution in [-0.4, -0.2) is 53.8 Å². The minimum atomic E-state index is -0.126. The van der Waals surface area contributed by atoms with Crippen molar-refractivity contribution in [1.82, 2.24) is 14.8 Å². The monoisotopic (exact) mass is 423 g/mol. The average Bonchev–Trinajstić information content (AvgIpc) is 3.21. The second-order valence-electron chi connectivity index (χ2n) is 7.63. The Balaban J connectivity index is 1.55. The summed E-state index contributed by atoms with van der Waals surface area (Å²) < 4.78 is 6.73. The molecule has 1 aliphatic heterocycles. The molecule has 30 heavy (non-hydrogen) atoms. The van der Waals surface area contributed by atoms with Crippen molar-refractivity contribution in [2.24, 2.45) is 0 Å². The van der Waals surface area contributed by atoms with Crippen LogP contribution in [0.25, 0.3) is 10.2 Å². The maximum absolute atomic E-state index is 13.4. The molecule has 2 amide bonds. The van der Waals surface area contributed by atoms with Gasteiger partial charge in [-0.2, -0.15) is 0 Å². The third-order valence-corrected chi connectivity index (χ3v) is 6.44. The SMILES string of the molecule is CN(C)C(=O)COc1cccc(C(=O)N2CCCCC2c2nc3ccccc3s2)c1. The molecule has 1 unspecified atom stereocenters. The van der Waals surface area contributed by atoms with Gasteiger partial charge in [0.25, 0.3) is 11.8 Å². The summed E-state index contributed by atoms with van der Waals surface area (Å²) in [6, 6.07) is 15.1. The van der Waals surface area contributed by atoms with Crippen LogP contribution in [0, 0.1) is 0 Å². The molecule has 3 aromatic rings. The van der Waals surface area contributed by atoms with E-state index in [4.69, 9.17) is 9.72 Å². The summed E-state index contributed by atoms with van der Waals surface area (Å²) in [4.78, 5) is 33.4. The van der Waals surface area contributed by atoms with Crippen molar-refractivity contribution >= 4 is 33.4 Å². The van der Waals surface area contributed by atoms with Crippen molar-refractivity contribution in [3.05, 3.63) is 59.1 Å². The molecule has 1 fully saturated rings. The number of benzene rings is 2. The first-order chi connectivity index (χ1) is 14.5. The molecule has 1 aliphatic rings. The van der Waals surface area contributed by atoms with E-state index in [1.165, 1.54) is 4.90 Å². The fraction of sp³-hybridized carbons (Fsp3) is 0.348. The number of likely N-dealkylation sites (tertiary alicyclic amines) is 1. The van der Waals surface area contributed by atoms with Crippen molar-refractivity contribution < 1.29 is 14.3 Å². The number of rotatable bonds is 5. The fourth-order valence-corrected chi connectivity index (χ4v) is 4.74. The Morgan fingerprint density at radius 1 is 1.17 bits per heavy atom. The summed E-state index contributed by atoms with van der Waals surface area (Å²) in [5, 5.41) is 0.994. The molecule has 0 bridgehead atoms. The van der Waals surface area contributed by atoms with Crippen LogP contribution in [0.5, 0.6) is 5.75 Å². The number of para-hydroxylation sites is 1. The average molecular weight is 424 g/mol. The van der Waals surface area contributed by atoms with Crippen molar-refractivity contribution in [3.8, 4) is 5.75 Å². The summed E-state index contributed by atoms with van der Waals surface area (Å²) in [5.74, 6) is 0.367. The van der Waals surface area contributed by atoms with Crippen LogP contribution < -0.4 is 4.74 Å². The molecule has 1 atom stereocenters. The van der Waals surface area contributed by atoms with Crippen LogP contribution >= 0.6 is 11.3 Å². The Morgan fingerprint density at radius 3 is 2.80 bits per heavy atom. The number of hydrogen-bond donors (Lipinski definition) is 0. The van der Waals surface area contributed by atoms with Crippen LogP contribution in [0.1, 0.15) is 40.7 Å². The van der Waals surface area contributed by atoms with Gasteiger partial charge in [-0.05, 0) is 49.6 Å². The number of carbonyl (C=O) groups is 2. The largest absolute Gasteiger partial charge is 0.484 e. The lowest BCUT2D eigenvalue weighted by molar-refractivity contribution is -0.130. The molecule has 0 spiro atoms. The molecule has 2 heterocycles. The number of amides is 2. The molecule has 156 valence electrons. The van der Waals surface area contributed by atoms with Gasteiger partial charge in [0.15, 0.2) is 6.61 Å². The van der Waals surface area contributed by atoms with E-state index in [9.17, 15) is 9.59 Å². The van der Waals surface area contributed by atoms with Crippen LogP contribution in [0.4, 0.5) is 0 Å². The summed E-state index contributed by atoms with van der Waals surface area (Å²) in [5.41, 5.74) is 1.55. The fourth-order valence-electron chi connectivity index (χ4n) is 3.62. The van der Waals surface area contributed by atoms with Crippen molar-refractivity contribution in [3.63, 3.8) is 0 Å². The Bertz CT molecular complexity index is 1030. The molecule has 6 nitrogen and oxygen atoms in total. The first kappa shape index (κ1) is 20.3. The number of likely N-dealkylation sites (N-methyl/N-ethyl adjacent to an activating group) is 1. The lowest BCUT2D eigenvalue weighted by atomic mass is 10.0. The zero-order valence-electron chi connectivity index (χ0n) is 17.2. The Morgan fingerprint density at radius 2 is 2.00 bits per heavy atom. The second kappa shape index (κ2) is 8.83. The zero-order chi connectivity index (χ0) is 21.1. The van der Waals surface area contributed by atoms with Gasteiger partial charge in [-0.15, -0.1) is 11.3 Å². The minimum absolute atomic E-state index is 0.0106. The lowest BCUT2D eigenvalue weighted by Crippen LogP contribution is -2.38. The highest BCUT2D eigenvalue weighted by Gasteiger charge is 2.31. The summed E-state index contributed by atoms with van der Waals surface area (Å²) in [7, 11) is 3.37. The number of hydrogen-bond acceptors (Lipinski definition) is 5. The van der Waals surface area contributed by atoms with E-state index in [1.807, 2.05) is 23.1 Å². The highest BCUT2D eigenvalue weighted by molar-refractivity contribution is 7.18. The highest BCUT2D eigenvalue weighted by Crippen LogP contribution is 2.36. The number of piperidine rings is 1. The molecule has 2 aromatic carbocycles. The van der Waals surface area contributed by atoms with E-state index in [0.717, 1.165) is 34.5 Å². The third kappa shape index (κ3) is 4.31. The van der Waals surface area contributed by atoms with Crippen molar-refractivity contribution in [2.45, 2.75) is 25.3 Å². The molecule has 0 saturated carbocycles. The van der Waals surface area contributed by atoms with Gasteiger partial charge in [-0.1, -0.05) is 18.2 Å². The van der Waals surface area contributed by atoms with E-state index < -0.39 is 0 Å². The van der Waals surface area contributed by atoms with Crippen LogP contribution in [-0.2, 0) is 4.79 Å². The number of thiazole rings is 1. The summed E-state index contributed by atoms with van der Waals surface area (Å²) >= 11 is 1.67. The third-order valence-electron chi connectivity index (χ3n) is 5.30. The van der Waals surface area contributed by atoms with Crippen LogP contribution in [0.2, 0.25) is 0 Å². The van der Waals surface area contributed by atoms with E-state index in [-0.39, 0.29) is 24.5 Å². The van der Waals surface area contributed by atoms with Gasteiger partial charge >= 0.3 is 0 Å². The topological polar surface area (TPSA) is 62.7 Å². The van der Waals surface area contributed by atoms with E-state index in [2.05, 4.69) is 6.07 Å². The Hall–Kier alpha value is -2.93. The van der Waals surface area contributed by atoms with E-state index in [1.54, 1.807) is 49.7 Å². The quantitative estimate of drug-likeness (QED) is 0.619. The molecule has 1 saturated heterocycles. The number of aromatic nitrogens is 1. The lowest BCUT2D eigenvalue weighted by Gasteiger charge is -2.34. The van der Waals surface area contributed by atoms with Crippen molar-refractivity contribution in [1.29, 1.82) is 0 Å². The Labute approximate surface area is 180 Å². The molecular formula is C23H25N3O3S.